The fourth-order valence-electron chi connectivity index (χ4n) is 1.89. The van der Waals surface area contributed by atoms with Crippen molar-refractivity contribution >= 4 is 17.5 Å². The molecule has 0 unspecified atom stereocenters. The molecule has 0 aromatic heterocycles. The summed E-state index contributed by atoms with van der Waals surface area (Å²) in [6, 6.07) is 3.67. The van der Waals surface area contributed by atoms with Crippen LogP contribution < -0.4 is 16.4 Å². The van der Waals surface area contributed by atoms with Crippen LogP contribution in [0.1, 0.15) is 41.8 Å². The number of nitrogens with two attached hydrogens (primary N) is 1. The Balaban J connectivity index is 2.56. The van der Waals surface area contributed by atoms with Crippen molar-refractivity contribution in [2.75, 3.05) is 12.3 Å². The smallest absolute Gasteiger partial charge is 0.251 e. The molecule has 4 N–H and O–H groups in total. The van der Waals surface area contributed by atoms with E-state index in [-0.39, 0.29) is 24.3 Å². The van der Waals surface area contributed by atoms with Crippen LogP contribution in [-0.2, 0) is 4.79 Å². The van der Waals surface area contributed by atoms with Crippen LogP contribution in [0.25, 0.3) is 0 Å². The highest BCUT2D eigenvalue weighted by atomic mass is 16.2. The van der Waals surface area contributed by atoms with Crippen molar-refractivity contribution in [1.82, 2.24) is 10.6 Å². The van der Waals surface area contributed by atoms with Crippen molar-refractivity contribution in [2.24, 2.45) is 0 Å². The van der Waals surface area contributed by atoms with E-state index in [1.807, 2.05) is 33.8 Å². The molecule has 1 aromatic rings. The Kier molecular flexibility index (Phi) is 5.55. The van der Waals surface area contributed by atoms with Gasteiger partial charge in [-0.1, -0.05) is 6.07 Å². The van der Waals surface area contributed by atoms with Crippen molar-refractivity contribution in [3.05, 3.63) is 28.8 Å². The van der Waals surface area contributed by atoms with Crippen molar-refractivity contribution in [2.45, 2.75) is 40.2 Å². The summed E-state index contributed by atoms with van der Waals surface area (Å²) in [5.41, 5.74) is 8.79. The van der Waals surface area contributed by atoms with Gasteiger partial charge in [0.15, 0.2) is 0 Å². The molecule has 0 atom stereocenters. The van der Waals surface area contributed by atoms with Crippen LogP contribution in [-0.4, -0.2) is 24.4 Å². The molecule has 0 aliphatic rings. The van der Waals surface area contributed by atoms with Crippen LogP contribution in [0, 0.1) is 13.8 Å². The lowest BCUT2D eigenvalue weighted by molar-refractivity contribution is -0.121. The summed E-state index contributed by atoms with van der Waals surface area (Å²) >= 11 is 0. The molecule has 110 valence electrons. The molecule has 5 heteroatoms. The van der Waals surface area contributed by atoms with Crippen molar-refractivity contribution in [1.29, 1.82) is 0 Å². The summed E-state index contributed by atoms with van der Waals surface area (Å²) in [7, 11) is 0. The van der Waals surface area contributed by atoms with Gasteiger partial charge in [-0.3, -0.25) is 9.59 Å². The lowest BCUT2D eigenvalue weighted by atomic mass is 10.0. The van der Waals surface area contributed by atoms with E-state index in [4.69, 9.17) is 5.73 Å². The van der Waals surface area contributed by atoms with E-state index in [2.05, 4.69) is 10.6 Å². The quantitative estimate of drug-likeness (QED) is 0.714. The lowest BCUT2D eigenvalue weighted by Crippen LogP contribution is -2.34. The average Bonchev–Trinajstić information content (AvgIpc) is 2.32. The number of amides is 2. The summed E-state index contributed by atoms with van der Waals surface area (Å²) in [5, 5.41) is 5.51. The maximum Gasteiger partial charge on any atom is 0.251 e. The van der Waals surface area contributed by atoms with Crippen molar-refractivity contribution < 1.29 is 9.59 Å². The Labute approximate surface area is 119 Å². The van der Waals surface area contributed by atoms with Crippen LogP contribution in [0.5, 0.6) is 0 Å². The summed E-state index contributed by atoms with van der Waals surface area (Å²) in [6.07, 6.45) is 0.268. The Morgan fingerprint density at radius 1 is 1.20 bits per heavy atom. The third-order valence-electron chi connectivity index (χ3n) is 2.94. The fourth-order valence-corrected chi connectivity index (χ4v) is 1.89. The second-order valence-electron chi connectivity index (χ2n) is 5.25. The fraction of sp³-hybridized carbons (Fsp3) is 0.467. The molecule has 0 heterocycles. The van der Waals surface area contributed by atoms with Gasteiger partial charge in [0, 0.05) is 30.3 Å². The molecule has 0 fully saturated rings. The predicted molar refractivity (Wildman–Crippen MR) is 80.6 cm³/mol. The third-order valence-corrected chi connectivity index (χ3v) is 2.94. The standard InChI is InChI=1S/C15H23N3O2/c1-9(2)18-14(19)5-6-17-15(20)12-8-13(16)11(4)7-10(12)3/h7-9H,5-6,16H2,1-4H3,(H,17,20)(H,18,19). The number of carbonyl (C=O) groups excluding carboxylic acids is 2. The minimum atomic E-state index is -0.202. The maximum absolute atomic E-state index is 12.0. The van der Waals surface area contributed by atoms with E-state index in [9.17, 15) is 9.59 Å². The van der Waals surface area contributed by atoms with Gasteiger partial charge in [0.25, 0.3) is 5.91 Å². The van der Waals surface area contributed by atoms with Crippen molar-refractivity contribution in [3.63, 3.8) is 0 Å². The zero-order chi connectivity index (χ0) is 15.3. The van der Waals surface area contributed by atoms with E-state index < -0.39 is 0 Å². The Morgan fingerprint density at radius 2 is 1.85 bits per heavy atom. The third kappa shape index (κ3) is 4.57. The molecule has 0 radical (unpaired) electrons. The number of aryl methyl sites for hydroxylation is 2. The first-order valence-electron chi connectivity index (χ1n) is 6.75. The lowest BCUT2D eigenvalue weighted by Gasteiger charge is -2.11. The first kappa shape index (κ1) is 16.0. The first-order chi connectivity index (χ1) is 9.31. The number of rotatable bonds is 5. The Bertz CT molecular complexity index is 510. The monoisotopic (exact) mass is 277 g/mol. The van der Waals surface area contributed by atoms with Crippen LogP contribution in [0.4, 0.5) is 5.69 Å². The molecule has 0 saturated heterocycles. The van der Waals surface area contributed by atoms with Crippen LogP contribution in [0.2, 0.25) is 0 Å². The van der Waals surface area contributed by atoms with Gasteiger partial charge < -0.3 is 16.4 Å². The van der Waals surface area contributed by atoms with E-state index in [0.717, 1.165) is 11.1 Å². The van der Waals surface area contributed by atoms with E-state index >= 15 is 0 Å². The maximum atomic E-state index is 12.0. The topological polar surface area (TPSA) is 84.2 Å². The van der Waals surface area contributed by atoms with Gasteiger partial charge in [0.1, 0.15) is 0 Å². The zero-order valence-electron chi connectivity index (χ0n) is 12.5. The number of nitrogen functional groups attached to an aromatic ring is 1. The summed E-state index contributed by atoms with van der Waals surface area (Å²) in [6.45, 7) is 7.88. The number of benzene rings is 1. The molecule has 5 nitrogen and oxygen atoms in total. The van der Waals surface area contributed by atoms with Crippen LogP contribution in [0.15, 0.2) is 12.1 Å². The Morgan fingerprint density at radius 3 is 2.45 bits per heavy atom. The summed E-state index contributed by atoms with van der Waals surface area (Å²) in [4.78, 5) is 23.5. The number of carbonyl (C=O) groups is 2. The van der Waals surface area contributed by atoms with Gasteiger partial charge in [-0.2, -0.15) is 0 Å². The number of hydrogen-bond acceptors (Lipinski definition) is 3. The highest BCUT2D eigenvalue weighted by Gasteiger charge is 2.11. The van der Waals surface area contributed by atoms with Crippen molar-refractivity contribution in [3.8, 4) is 0 Å². The SMILES string of the molecule is Cc1cc(C)c(C(=O)NCCC(=O)NC(C)C)cc1N. The molecule has 0 aliphatic heterocycles. The van der Waals surface area contributed by atoms with Gasteiger partial charge in [-0.25, -0.2) is 0 Å². The zero-order valence-corrected chi connectivity index (χ0v) is 12.5. The molecular formula is C15H23N3O2. The molecule has 0 bridgehead atoms. The molecule has 20 heavy (non-hydrogen) atoms. The second kappa shape index (κ2) is 6.93. The van der Waals surface area contributed by atoms with Gasteiger partial charge in [0.05, 0.1) is 0 Å². The van der Waals surface area contributed by atoms with E-state index in [1.165, 1.54) is 0 Å². The van der Waals surface area contributed by atoms with Gasteiger partial charge in [0.2, 0.25) is 5.91 Å². The highest BCUT2D eigenvalue weighted by molar-refractivity contribution is 5.96. The number of hydrogen-bond donors (Lipinski definition) is 3. The molecule has 0 aliphatic carbocycles. The normalized spacial score (nSPS) is 10.4. The van der Waals surface area contributed by atoms with E-state index in [0.29, 0.717) is 17.8 Å². The van der Waals surface area contributed by atoms with Gasteiger partial charge in [-0.05, 0) is 44.9 Å². The second-order valence-corrected chi connectivity index (χ2v) is 5.25. The predicted octanol–water partition coefficient (Wildman–Crippen LogP) is 1.53. The van der Waals surface area contributed by atoms with Gasteiger partial charge in [-0.15, -0.1) is 0 Å². The summed E-state index contributed by atoms with van der Waals surface area (Å²) < 4.78 is 0. The van der Waals surface area contributed by atoms with E-state index in [1.54, 1.807) is 6.07 Å². The molecule has 2 amide bonds. The number of nitrogens with one attached hydrogen (secondary N) is 2. The van der Waals surface area contributed by atoms with Gasteiger partial charge >= 0.3 is 0 Å². The molecule has 1 rings (SSSR count). The largest absolute Gasteiger partial charge is 0.398 e. The molecule has 0 spiro atoms. The average molecular weight is 277 g/mol. The highest BCUT2D eigenvalue weighted by Crippen LogP contribution is 2.17. The molecular weight excluding hydrogens is 254 g/mol. The molecule has 1 aromatic carbocycles. The number of anilines is 1. The summed E-state index contributed by atoms with van der Waals surface area (Å²) in [5.74, 6) is -0.271. The minimum Gasteiger partial charge on any atom is -0.398 e. The van der Waals surface area contributed by atoms with Crippen LogP contribution >= 0.6 is 0 Å². The van der Waals surface area contributed by atoms with Crippen LogP contribution in [0.3, 0.4) is 0 Å². The Hall–Kier alpha value is -2.04. The minimum absolute atomic E-state index is 0.0690. The first-order valence-corrected chi connectivity index (χ1v) is 6.75. The molecule has 0 saturated carbocycles.